The highest BCUT2D eigenvalue weighted by Crippen LogP contribution is 2.27. The fraction of sp³-hybridized carbons (Fsp3) is 0.0455. The highest BCUT2D eigenvalue weighted by Gasteiger charge is 2.20. The number of nitro groups is 1. The average Bonchev–Trinajstić information content (AvgIpc) is 3.50. The van der Waals surface area contributed by atoms with Crippen LogP contribution in [0, 0.1) is 10.1 Å². The van der Waals surface area contributed by atoms with E-state index in [1.807, 2.05) is 0 Å². The molecule has 0 radical (unpaired) electrons. The molecule has 2 heterocycles. The molecule has 0 saturated carbocycles. The molecule has 0 atom stereocenters. The van der Waals surface area contributed by atoms with Crippen LogP contribution in [0.4, 0.5) is 11.4 Å². The normalized spacial score (nSPS) is 10.6. The van der Waals surface area contributed by atoms with Crippen molar-refractivity contribution in [1.29, 1.82) is 0 Å². The minimum atomic E-state index is -1.16. The number of aromatic carboxylic acids is 1. The molecule has 1 amide bonds. The molecule has 2 aromatic carbocycles. The van der Waals surface area contributed by atoms with Gasteiger partial charge in [-0.2, -0.15) is 0 Å². The number of carbonyl (C=O) groups is 2. The lowest BCUT2D eigenvalue weighted by Gasteiger charge is -2.22. The van der Waals surface area contributed by atoms with Crippen molar-refractivity contribution in [1.82, 2.24) is 9.97 Å². The van der Waals surface area contributed by atoms with Crippen molar-refractivity contribution in [3.63, 3.8) is 0 Å². The summed E-state index contributed by atoms with van der Waals surface area (Å²) < 4.78 is 5.32. The smallest absolute Gasteiger partial charge is 0.371 e. The van der Waals surface area contributed by atoms with Gasteiger partial charge >= 0.3 is 5.97 Å². The van der Waals surface area contributed by atoms with Crippen LogP contribution in [0.15, 0.2) is 77.6 Å². The molecule has 0 aliphatic heterocycles. The van der Waals surface area contributed by atoms with E-state index in [1.165, 1.54) is 41.6 Å². The number of imidazole rings is 1. The van der Waals surface area contributed by atoms with Crippen LogP contribution in [-0.2, 0) is 6.54 Å². The van der Waals surface area contributed by atoms with E-state index >= 15 is 0 Å². The summed E-state index contributed by atoms with van der Waals surface area (Å²) in [6, 6.07) is 15.1. The van der Waals surface area contributed by atoms with E-state index in [-0.39, 0.29) is 29.5 Å². The topological polar surface area (TPSA) is 143 Å². The lowest BCUT2D eigenvalue weighted by atomic mass is 10.1. The zero-order valence-electron chi connectivity index (χ0n) is 16.5. The Morgan fingerprint density at radius 2 is 1.78 bits per heavy atom. The Labute approximate surface area is 180 Å². The molecule has 2 aromatic heterocycles. The summed E-state index contributed by atoms with van der Waals surface area (Å²) in [5.74, 6) is -1.30. The molecule has 0 bridgehead atoms. The third-order valence-electron chi connectivity index (χ3n) is 4.73. The van der Waals surface area contributed by atoms with Gasteiger partial charge in [0.15, 0.2) is 0 Å². The van der Waals surface area contributed by atoms with Crippen molar-refractivity contribution in [3.05, 3.63) is 100 Å². The zero-order chi connectivity index (χ0) is 22.7. The highest BCUT2D eigenvalue weighted by molar-refractivity contribution is 6.06. The Bertz CT molecular complexity index is 1260. The fourth-order valence-corrected chi connectivity index (χ4v) is 3.12. The molecular weight excluding hydrogens is 416 g/mol. The Balaban J connectivity index is 1.64. The second-order valence-corrected chi connectivity index (χ2v) is 6.79. The third-order valence-corrected chi connectivity index (χ3v) is 4.73. The summed E-state index contributed by atoms with van der Waals surface area (Å²) in [5.41, 5.74) is 2.09. The van der Waals surface area contributed by atoms with Gasteiger partial charge in [0.05, 0.1) is 23.5 Å². The van der Waals surface area contributed by atoms with E-state index in [9.17, 15) is 19.7 Å². The Kier molecular flexibility index (Phi) is 5.49. The number of non-ortho nitro benzene ring substituents is 1. The molecule has 2 N–H and O–H groups in total. The summed E-state index contributed by atoms with van der Waals surface area (Å²) in [7, 11) is 0. The molecule has 0 fully saturated rings. The first-order valence-electron chi connectivity index (χ1n) is 9.39. The van der Waals surface area contributed by atoms with Crippen molar-refractivity contribution < 1.29 is 24.0 Å². The standard InChI is InChI=1S/C22H16N4O6/c27-21(15-3-7-18(8-4-15)26(30)31)25(12-16-11-23-13-24-16)17-5-1-14(2-6-17)19-9-10-20(32-19)22(28)29/h1-11,13H,12H2,(H,23,24)(H,28,29). The molecule has 0 spiro atoms. The predicted molar refractivity (Wildman–Crippen MR) is 113 cm³/mol. The minimum Gasteiger partial charge on any atom is -0.475 e. The maximum absolute atomic E-state index is 13.2. The molecule has 10 heteroatoms. The molecule has 4 rings (SSSR count). The van der Waals surface area contributed by atoms with Crippen molar-refractivity contribution in [2.24, 2.45) is 0 Å². The number of hydrogen-bond donors (Lipinski definition) is 2. The number of furan rings is 1. The van der Waals surface area contributed by atoms with Gasteiger partial charge in [0, 0.05) is 35.1 Å². The Morgan fingerprint density at radius 1 is 1.06 bits per heavy atom. The van der Waals surface area contributed by atoms with Crippen LogP contribution in [0.1, 0.15) is 26.6 Å². The van der Waals surface area contributed by atoms with E-state index < -0.39 is 10.9 Å². The number of carboxylic acids is 1. The number of anilines is 1. The number of carboxylic acid groups (broad SMARTS) is 1. The van der Waals surface area contributed by atoms with Crippen LogP contribution in [0.3, 0.4) is 0 Å². The van der Waals surface area contributed by atoms with Crippen LogP contribution in [0.2, 0.25) is 0 Å². The van der Waals surface area contributed by atoms with Crippen LogP contribution < -0.4 is 4.90 Å². The number of nitro benzene ring substituents is 1. The molecule has 0 aliphatic rings. The van der Waals surface area contributed by atoms with Crippen LogP contribution in [0.25, 0.3) is 11.3 Å². The van der Waals surface area contributed by atoms with Crippen molar-refractivity contribution in [3.8, 4) is 11.3 Å². The quantitative estimate of drug-likeness (QED) is 0.330. The molecule has 32 heavy (non-hydrogen) atoms. The second-order valence-electron chi connectivity index (χ2n) is 6.79. The molecular formula is C22H16N4O6. The lowest BCUT2D eigenvalue weighted by molar-refractivity contribution is -0.384. The van der Waals surface area contributed by atoms with E-state index in [0.29, 0.717) is 22.7 Å². The Hall–Kier alpha value is -4.73. The van der Waals surface area contributed by atoms with E-state index in [1.54, 1.807) is 36.5 Å². The SMILES string of the molecule is O=C(O)c1ccc(-c2ccc(N(Cc3cnc[nH]3)C(=O)c3ccc([N+](=O)[O-])cc3)cc2)o1. The van der Waals surface area contributed by atoms with Gasteiger partial charge in [-0.3, -0.25) is 14.9 Å². The van der Waals surface area contributed by atoms with Crippen molar-refractivity contribution in [2.45, 2.75) is 6.54 Å². The van der Waals surface area contributed by atoms with Gasteiger partial charge in [-0.15, -0.1) is 0 Å². The molecule has 10 nitrogen and oxygen atoms in total. The number of amides is 1. The third kappa shape index (κ3) is 4.24. The molecule has 0 saturated heterocycles. The number of nitrogens with one attached hydrogen (secondary N) is 1. The maximum Gasteiger partial charge on any atom is 0.371 e. The maximum atomic E-state index is 13.2. The first kappa shape index (κ1) is 20.5. The number of aromatic nitrogens is 2. The minimum absolute atomic E-state index is 0.106. The summed E-state index contributed by atoms with van der Waals surface area (Å²) in [6.07, 6.45) is 3.10. The average molecular weight is 432 g/mol. The van der Waals surface area contributed by atoms with Gasteiger partial charge in [-0.05, 0) is 48.5 Å². The van der Waals surface area contributed by atoms with Gasteiger partial charge in [0.1, 0.15) is 5.76 Å². The number of benzene rings is 2. The Morgan fingerprint density at radius 3 is 2.34 bits per heavy atom. The van der Waals surface area contributed by atoms with Crippen LogP contribution in [-0.4, -0.2) is 31.9 Å². The summed E-state index contributed by atoms with van der Waals surface area (Å²) in [4.78, 5) is 43.0. The number of carbonyl (C=O) groups excluding carboxylic acids is 1. The first-order valence-corrected chi connectivity index (χ1v) is 9.39. The summed E-state index contributed by atoms with van der Waals surface area (Å²) >= 11 is 0. The van der Waals surface area contributed by atoms with Gasteiger partial charge in [0.2, 0.25) is 5.76 Å². The van der Waals surface area contributed by atoms with Crippen LogP contribution in [0.5, 0.6) is 0 Å². The predicted octanol–water partition coefficient (Wildman–Crippen LogP) is 4.12. The number of hydrogen-bond acceptors (Lipinski definition) is 6. The van der Waals surface area contributed by atoms with Gasteiger partial charge in [-0.1, -0.05) is 0 Å². The monoisotopic (exact) mass is 432 g/mol. The molecule has 0 unspecified atom stereocenters. The second kappa shape index (κ2) is 8.56. The van der Waals surface area contributed by atoms with E-state index in [2.05, 4.69) is 9.97 Å². The highest BCUT2D eigenvalue weighted by atomic mass is 16.6. The number of rotatable bonds is 7. The van der Waals surface area contributed by atoms with Crippen molar-refractivity contribution >= 4 is 23.3 Å². The molecule has 0 aliphatic carbocycles. The molecule has 160 valence electrons. The van der Waals surface area contributed by atoms with E-state index in [4.69, 9.17) is 9.52 Å². The largest absolute Gasteiger partial charge is 0.475 e. The summed E-state index contributed by atoms with van der Waals surface area (Å²) in [6.45, 7) is 0.194. The number of aromatic amines is 1. The van der Waals surface area contributed by atoms with Crippen LogP contribution >= 0.6 is 0 Å². The number of H-pyrrole nitrogens is 1. The van der Waals surface area contributed by atoms with E-state index in [0.717, 1.165) is 0 Å². The van der Waals surface area contributed by atoms with Gasteiger partial charge < -0.3 is 19.4 Å². The lowest BCUT2D eigenvalue weighted by Crippen LogP contribution is -2.30. The fourth-order valence-electron chi connectivity index (χ4n) is 3.12. The number of nitrogens with zero attached hydrogens (tertiary/aromatic N) is 3. The zero-order valence-corrected chi connectivity index (χ0v) is 16.5. The summed E-state index contributed by atoms with van der Waals surface area (Å²) in [5, 5.41) is 19.9. The van der Waals surface area contributed by atoms with Gasteiger partial charge in [0.25, 0.3) is 11.6 Å². The van der Waals surface area contributed by atoms with Crippen molar-refractivity contribution in [2.75, 3.05) is 4.90 Å². The van der Waals surface area contributed by atoms with Gasteiger partial charge in [-0.25, -0.2) is 9.78 Å². The molecule has 4 aromatic rings. The first-order chi connectivity index (χ1) is 15.4.